The monoisotopic (exact) mass is 306 g/mol. The van der Waals surface area contributed by atoms with Crippen molar-refractivity contribution in [2.24, 2.45) is 20.0 Å². The van der Waals surface area contributed by atoms with Crippen LogP contribution in [0, 0.1) is 17.2 Å². The number of nitriles is 1. The summed E-state index contributed by atoms with van der Waals surface area (Å²) in [5.74, 6) is -0.118. The van der Waals surface area contributed by atoms with Gasteiger partial charge in [0.2, 0.25) is 0 Å². The van der Waals surface area contributed by atoms with E-state index in [1.807, 2.05) is 6.07 Å². The van der Waals surface area contributed by atoms with Crippen LogP contribution in [0.1, 0.15) is 18.4 Å². The van der Waals surface area contributed by atoms with E-state index in [0.717, 1.165) is 4.57 Å². The van der Waals surface area contributed by atoms with Crippen LogP contribution in [0.4, 0.5) is 5.82 Å². The molecule has 0 aliphatic carbocycles. The summed E-state index contributed by atoms with van der Waals surface area (Å²) in [4.78, 5) is 37.5. The first-order valence-electron chi connectivity index (χ1n) is 6.95. The van der Waals surface area contributed by atoms with E-state index >= 15 is 0 Å². The number of ether oxygens (including phenoxy) is 1. The van der Waals surface area contributed by atoms with Gasteiger partial charge in [-0.05, 0) is 12.8 Å². The van der Waals surface area contributed by atoms with Gasteiger partial charge in [0.05, 0.1) is 13.0 Å². The second-order valence-corrected chi connectivity index (χ2v) is 5.30. The molecule has 22 heavy (non-hydrogen) atoms. The Morgan fingerprint density at radius 3 is 2.32 bits per heavy atom. The van der Waals surface area contributed by atoms with Gasteiger partial charge in [-0.15, -0.1) is 0 Å². The van der Waals surface area contributed by atoms with E-state index in [9.17, 15) is 19.6 Å². The molecule has 0 spiro atoms. The van der Waals surface area contributed by atoms with Crippen LogP contribution in [0.15, 0.2) is 9.59 Å². The lowest BCUT2D eigenvalue weighted by molar-refractivity contribution is -0.146. The largest absolute Gasteiger partial charge is 0.469 e. The first kappa shape index (κ1) is 15.8. The van der Waals surface area contributed by atoms with Gasteiger partial charge in [-0.2, -0.15) is 5.26 Å². The molecule has 1 aliphatic rings. The molecule has 118 valence electrons. The van der Waals surface area contributed by atoms with Crippen LogP contribution >= 0.6 is 0 Å². The average molecular weight is 306 g/mol. The molecule has 0 aromatic carbocycles. The minimum absolute atomic E-state index is 0.0545. The van der Waals surface area contributed by atoms with Gasteiger partial charge in [0.25, 0.3) is 5.56 Å². The van der Waals surface area contributed by atoms with Crippen LogP contribution in [0.3, 0.4) is 0 Å². The van der Waals surface area contributed by atoms with Crippen LogP contribution in [-0.4, -0.2) is 35.3 Å². The SMILES string of the molecule is COC(=O)C1CCN(c2c(C#N)c(=O)n(C)c(=O)n2C)CC1. The van der Waals surface area contributed by atoms with Gasteiger partial charge in [-0.1, -0.05) is 0 Å². The van der Waals surface area contributed by atoms with Gasteiger partial charge < -0.3 is 9.64 Å². The van der Waals surface area contributed by atoms with Crippen LogP contribution in [0.2, 0.25) is 0 Å². The van der Waals surface area contributed by atoms with E-state index in [2.05, 4.69) is 0 Å². The number of hydrogen-bond donors (Lipinski definition) is 0. The number of anilines is 1. The number of carbonyl (C=O) groups excluding carboxylic acids is 1. The van der Waals surface area contributed by atoms with Crippen molar-refractivity contribution in [3.63, 3.8) is 0 Å². The van der Waals surface area contributed by atoms with Gasteiger partial charge in [-0.3, -0.25) is 18.7 Å². The van der Waals surface area contributed by atoms with Crippen LogP contribution in [0.25, 0.3) is 0 Å². The first-order chi connectivity index (χ1) is 10.4. The van der Waals surface area contributed by atoms with Crippen molar-refractivity contribution in [1.29, 1.82) is 5.26 Å². The fourth-order valence-corrected chi connectivity index (χ4v) is 2.80. The lowest BCUT2D eigenvalue weighted by atomic mass is 9.97. The molecule has 2 heterocycles. The summed E-state index contributed by atoms with van der Waals surface area (Å²) < 4.78 is 6.96. The van der Waals surface area contributed by atoms with Gasteiger partial charge in [0.15, 0.2) is 5.56 Å². The quantitative estimate of drug-likeness (QED) is 0.673. The highest BCUT2D eigenvalue weighted by Gasteiger charge is 2.29. The third-order valence-corrected chi connectivity index (χ3v) is 4.07. The lowest BCUT2D eigenvalue weighted by Crippen LogP contribution is -2.45. The Bertz CT molecular complexity index is 748. The number of carbonyl (C=O) groups is 1. The van der Waals surface area contributed by atoms with Crippen molar-refractivity contribution in [3.05, 3.63) is 26.4 Å². The van der Waals surface area contributed by atoms with Crippen LogP contribution < -0.4 is 16.1 Å². The highest BCUT2D eigenvalue weighted by atomic mass is 16.5. The summed E-state index contributed by atoms with van der Waals surface area (Å²) in [5, 5.41) is 9.27. The van der Waals surface area contributed by atoms with E-state index in [1.165, 1.54) is 25.8 Å². The Hall–Kier alpha value is -2.56. The van der Waals surface area contributed by atoms with E-state index in [1.54, 1.807) is 4.90 Å². The van der Waals surface area contributed by atoms with E-state index in [4.69, 9.17) is 4.74 Å². The minimum atomic E-state index is -0.601. The second kappa shape index (κ2) is 6.05. The Morgan fingerprint density at radius 2 is 1.82 bits per heavy atom. The molecule has 1 saturated heterocycles. The lowest BCUT2D eigenvalue weighted by Gasteiger charge is -2.33. The second-order valence-electron chi connectivity index (χ2n) is 5.30. The van der Waals surface area contributed by atoms with Crippen LogP contribution in [-0.2, 0) is 23.6 Å². The molecule has 0 N–H and O–H groups in total. The molecule has 2 rings (SSSR count). The summed E-state index contributed by atoms with van der Waals surface area (Å²) in [6, 6.07) is 1.89. The average Bonchev–Trinajstić information content (AvgIpc) is 2.55. The summed E-state index contributed by atoms with van der Waals surface area (Å²) in [6.07, 6.45) is 1.11. The standard InChI is InChI=1S/C14H18N4O4/c1-16-11(10(8-15)12(19)17(2)14(16)21)18-6-4-9(5-7-18)13(20)22-3/h9H,4-7H2,1-3H3. The van der Waals surface area contributed by atoms with Crippen LogP contribution in [0.5, 0.6) is 0 Å². The van der Waals surface area contributed by atoms with Crippen molar-refractivity contribution in [1.82, 2.24) is 9.13 Å². The molecule has 0 unspecified atom stereocenters. The summed E-state index contributed by atoms with van der Waals surface area (Å²) in [7, 11) is 4.23. The number of hydrogen-bond acceptors (Lipinski definition) is 6. The molecule has 0 amide bonds. The third kappa shape index (κ3) is 2.50. The molecule has 1 aromatic rings. The predicted octanol–water partition coefficient (Wildman–Crippen LogP) is -0.655. The molecule has 1 aliphatic heterocycles. The smallest absolute Gasteiger partial charge is 0.332 e. The maximum absolute atomic E-state index is 12.1. The van der Waals surface area contributed by atoms with Gasteiger partial charge >= 0.3 is 11.7 Å². The summed E-state index contributed by atoms with van der Waals surface area (Å²) >= 11 is 0. The molecular weight excluding hydrogens is 288 g/mol. The number of piperidine rings is 1. The topological polar surface area (TPSA) is 97.3 Å². The zero-order valence-electron chi connectivity index (χ0n) is 12.8. The highest BCUT2D eigenvalue weighted by molar-refractivity contribution is 5.72. The molecule has 1 fully saturated rings. The number of methoxy groups -OCH3 is 1. The number of nitrogens with zero attached hydrogens (tertiary/aromatic N) is 4. The molecule has 8 heteroatoms. The molecule has 0 bridgehead atoms. The van der Waals surface area contributed by atoms with Crippen molar-refractivity contribution >= 4 is 11.8 Å². The number of rotatable bonds is 2. The normalized spacial score (nSPS) is 15.5. The first-order valence-corrected chi connectivity index (χ1v) is 6.95. The highest BCUT2D eigenvalue weighted by Crippen LogP contribution is 2.24. The van der Waals surface area contributed by atoms with E-state index < -0.39 is 11.2 Å². The Kier molecular flexibility index (Phi) is 4.35. The molecule has 1 aromatic heterocycles. The zero-order chi connectivity index (χ0) is 16.4. The maximum Gasteiger partial charge on any atom is 0.332 e. The fourth-order valence-electron chi connectivity index (χ4n) is 2.80. The maximum atomic E-state index is 12.1. The molecular formula is C14H18N4O4. The Labute approximate surface area is 127 Å². The Morgan fingerprint density at radius 1 is 1.23 bits per heavy atom. The van der Waals surface area contributed by atoms with E-state index in [-0.39, 0.29) is 17.5 Å². The molecule has 0 saturated carbocycles. The molecule has 0 atom stereocenters. The fraction of sp³-hybridized carbons (Fsp3) is 0.571. The number of esters is 1. The predicted molar refractivity (Wildman–Crippen MR) is 78.6 cm³/mol. The van der Waals surface area contributed by atoms with Gasteiger partial charge in [-0.25, -0.2) is 4.79 Å². The van der Waals surface area contributed by atoms with Gasteiger partial charge in [0.1, 0.15) is 11.9 Å². The molecule has 8 nitrogen and oxygen atoms in total. The number of aromatic nitrogens is 2. The van der Waals surface area contributed by atoms with Gasteiger partial charge in [0, 0.05) is 27.2 Å². The van der Waals surface area contributed by atoms with E-state index in [0.29, 0.717) is 31.7 Å². The molecule has 0 radical (unpaired) electrons. The van der Waals surface area contributed by atoms with Crippen molar-refractivity contribution < 1.29 is 9.53 Å². The zero-order valence-corrected chi connectivity index (χ0v) is 12.8. The summed E-state index contributed by atoms with van der Waals surface area (Å²) in [5.41, 5.74) is -1.13. The summed E-state index contributed by atoms with van der Waals surface area (Å²) in [6.45, 7) is 0.962. The third-order valence-electron chi connectivity index (χ3n) is 4.07. The van der Waals surface area contributed by atoms with Crippen molar-refractivity contribution in [2.75, 3.05) is 25.1 Å². The minimum Gasteiger partial charge on any atom is -0.469 e. The van der Waals surface area contributed by atoms with Crippen molar-refractivity contribution in [2.45, 2.75) is 12.8 Å². The Balaban J connectivity index is 2.40. The van der Waals surface area contributed by atoms with Crippen molar-refractivity contribution in [3.8, 4) is 6.07 Å².